The Morgan fingerprint density at radius 2 is 2.09 bits per heavy atom. The molecule has 0 radical (unpaired) electrons. The van der Waals surface area contributed by atoms with Crippen molar-refractivity contribution in [1.82, 2.24) is 5.43 Å². The average molecular weight is 400 g/mol. The number of rotatable bonds is 4. The van der Waals surface area contributed by atoms with Crippen LogP contribution in [0, 0.1) is 0 Å². The predicted molar refractivity (Wildman–Crippen MR) is 90.5 cm³/mol. The molecule has 23 heavy (non-hydrogen) atoms. The molecule has 0 aromatic heterocycles. The monoisotopic (exact) mass is 398 g/mol. The Bertz CT molecular complexity index is 780. The van der Waals surface area contributed by atoms with E-state index in [1.54, 1.807) is 12.1 Å². The van der Waals surface area contributed by atoms with E-state index in [0.717, 1.165) is 0 Å². The van der Waals surface area contributed by atoms with Crippen molar-refractivity contribution in [3.63, 3.8) is 0 Å². The van der Waals surface area contributed by atoms with Crippen molar-refractivity contribution in [2.75, 3.05) is 7.11 Å². The number of hydrogen-bond donors (Lipinski definition) is 3. The van der Waals surface area contributed by atoms with Gasteiger partial charge in [0.2, 0.25) is 0 Å². The van der Waals surface area contributed by atoms with Crippen LogP contribution in [0.15, 0.2) is 39.9 Å². The highest BCUT2D eigenvalue weighted by molar-refractivity contribution is 9.10. The first-order valence-corrected chi connectivity index (χ1v) is 7.48. The van der Waals surface area contributed by atoms with Crippen molar-refractivity contribution in [2.45, 2.75) is 0 Å². The molecule has 0 heterocycles. The third kappa shape index (κ3) is 4.14. The van der Waals surface area contributed by atoms with E-state index in [-0.39, 0.29) is 22.8 Å². The number of hydrazone groups is 1. The third-order valence-corrected chi connectivity index (χ3v) is 3.69. The van der Waals surface area contributed by atoms with E-state index in [4.69, 9.17) is 16.3 Å². The van der Waals surface area contributed by atoms with Gasteiger partial charge in [-0.2, -0.15) is 5.10 Å². The minimum absolute atomic E-state index is 0.0131. The number of amides is 1. The van der Waals surface area contributed by atoms with Crippen LogP contribution in [0.2, 0.25) is 5.02 Å². The molecular formula is C15H12BrClN2O4. The van der Waals surface area contributed by atoms with Crippen molar-refractivity contribution < 1.29 is 19.7 Å². The van der Waals surface area contributed by atoms with Gasteiger partial charge in [-0.25, -0.2) is 5.43 Å². The molecule has 2 rings (SSSR count). The Labute approximate surface area is 145 Å². The molecule has 0 spiro atoms. The number of aromatic hydroxyl groups is 2. The first kappa shape index (κ1) is 17.1. The highest BCUT2D eigenvalue weighted by atomic mass is 79.9. The SMILES string of the molecule is COc1cc(C=NNC(=O)c2cc(Cl)ccc2O)cc(Br)c1O. The van der Waals surface area contributed by atoms with Crippen LogP contribution in [-0.2, 0) is 0 Å². The van der Waals surface area contributed by atoms with Crippen LogP contribution in [0.25, 0.3) is 0 Å². The molecule has 0 unspecified atom stereocenters. The summed E-state index contributed by atoms with van der Waals surface area (Å²) in [7, 11) is 1.42. The van der Waals surface area contributed by atoms with Gasteiger partial charge in [0.15, 0.2) is 11.5 Å². The van der Waals surface area contributed by atoms with Crippen LogP contribution in [0.4, 0.5) is 0 Å². The van der Waals surface area contributed by atoms with Crippen molar-refractivity contribution in [3.05, 3.63) is 51.0 Å². The second kappa shape index (κ2) is 7.34. The van der Waals surface area contributed by atoms with E-state index in [1.807, 2.05) is 0 Å². The molecule has 3 N–H and O–H groups in total. The topological polar surface area (TPSA) is 91.2 Å². The molecule has 0 saturated heterocycles. The highest BCUT2D eigenvalue weighted by Crippen LogP contribution is 2.34. The number of carbonyl (C=O) groups excluding carboxylic acids is 1. The number of nitrogens with zero attached hydrogens (tertiary/aromatic N) is 1. The van der Waals surface area contributed by atoms with Crippen LogP contribution in [0.5, 0.6) is 17.2 Å². The van der Waals surface area contributed by atoms with E-state index < -0.39 is 5.91 Å². The minimum Gasteiger partial charge on any atom is -0.507 e. The summed E-state index contributed by atoms with van der Waals surface area (Å²) in [5.41, 5.74) is 2.88. The van der Waals surface area contributed by atoms with Gasteiger partial charge in [-0.15, -0.1) is 0 Å². The molecule has 0 aliphatic carbocycles. The molecule has 8 heteroatoms. The number of ether oxygens (including phenoxy) is 1. The molecule has 0 atom stereocenters. The first-order chi connectivity index (χ1) is 10.9. The number of benzene rings is 2. The second-order valence-electron chi connectivity index (χ2n) is 4.41. The molecule has 6 nitrogen and oxygen atoms in total. The van der Waals surface area contributed by atoms with E-state index >= 15 is 0 Å². The lowest BCUT2D eigenvalue weighted by Gasteiger charge is -2.06. The maximum absolute atomic E-state index is 11.9. The van der Waals surface area contributed by atoms with Gasteiger partial charge in [0.25, 0.3) is 5.91 Å². The van der Waals surface area contributed by atoms with Crippen molar-refractivity contribution in [3.8, 4) is 17.2 Å². The average Bonchev–Trinajstić information content (AvgIpc) is 2.52. The van der Waals surface area contributed by atoms with Crippen molar-refractivity contribution >= 4 is 39.7 Å². The highest BCUT2D eigenvalue weighted by Gasteiger charge is 2.11. The Balaban J connectivity index is 2.14. The zero-order valence-electron chi connectivity index (χ0n) is 11.9. The Kier molecular flexibility index (Phi) is 5.46. The van der Waals surface area contributed by atoms with Gasteiger partial charge in [-0.05, 0) is 51.8 Å². The Hall–Kier alpha value is -2.25. The largest absolute Gasteiger partial charge is 0.507 e. The number of methoxy groups -OCH3 is 1. The molecule has 1 amide bonds. The number of phenolic OH excluding ortho intramolecular Hbond substituents is 2. The standard InChI is InChI=1S/C15H12BrClN2O4/c1-23-13-5-8(4-11(16)14(13)21)7-18-19-15(22)10-6-9(17)2-3-12(10)20/h2-7,20-21H,1H3,(H,19,22). The summed E-state index contributed by atoms with van der Waals surface area (Å²) in [5, 5.41) is 23.5. The second-order valence-corrected chi connectivity index (χ2v) is 5.70. The molecule has 0 bridgehead atoms. The fourth-order valence-electron chi connectivity index (χ4n) is 1.74. The third-order valence-electron chi connectivity index (χ3n) is 2.85. The van der Waals surface area contributed by atoms with Crippen LogP contribution in [-0.4, -0.2) is 29.4 Å². The van der Waals surface area contributed by atoms with Gasteiger partial charge in [0.1, 0.15) is 5.75 Å². The molecule has 0 aliphatic heterocycles. The van der Waals surface area contributed by atoms with Gasteiger partial charge in [0.05, 0.1) is 23.4 Å². The lowest BCUT2D eigenvalue weighted by Crippen LogP contribution is -2.17. The summed E-state index contributed by atoms with van der Waals surface area (Å²) in [6.07, 6.45) is 1.37. The van der Waals surface area contributed by atoms with Crippen LogP contribution < -0.4 is 10.2 Å². The molecule has 0 aliphatic rings. The van der Waals surface area contributed by atoms with E-state index in [2.05, 4.69) is 26.5 Å². The molecule has 2 aromatic carbocycles. The van der Waals surface area contributed by atoms with Gasteiger partial charge in [-0.3, -0.25) is 4.79 Å². The lowest BCUT2D eigenvalue weighted by molar-refractivity contribution is 0.0952. The zero-order valence-corrected chi connectivity index (χ0v) is 14.2. The van der Waals surface area contributed by atoms with E-state index in [1.165, 1.54) is 31.5 Å². The number of carbonyl (C=O) groups is 1. The van der Waals surface area contributed by atoms with Crippen LogP contribution in [0.1, 0.15) is 15.9 Å². The number of halogens is 2. The summed E-state index contributed by atoms with van der Waals surface area (Å²) in [5.74, 6) is -0.570. The predicted octanol–water partition coefficient (Wildman–Crippen LogP) is 3.29. The normalized spacial score (nSPS) is 10.7. The van der Waals surface area contributed by atoms with Crippen LogP contribution >= 0.6 is 27.5 Å². The fraction of sp³-hybridized carbons (Fsp3) is 0.0667. The van der Waals surface area contributed by atoms with Crippen molar-refractivity contribution in [1.29, 1.82) is 0 Å². The lowest BCUT2D eigenvalue weighted by atomic mass is 10.2. The molecule has 120 valence electrons. The van der Waals surface area contributed by atoms with Gasteiger partial charge in [0, 0.05) is 5.02 Å². The van der Waals surface area contributed by atoms with E-state index in [9.17, 15) is 15.0 Å². The van der Waals surface area contributed by atoms with Crippen LogP contribution in [0.3, 0.4) is 0 Å². The quantitative estimate of drug-likeness (QED) is 0.543. The summed E-state index contributed by atoms with van der Waals surface area (Å²) in [4.78, 5) is 11.9. The molecule has 0 saturated carbocycles. The summed E-state index contributed by atoms with van der Waals surface area (Å²) < 4.78 is 5.44. The first-order valence-electron chi connectivity index (χ1n) is 6.30. The van der Waals surface area contributed by atoms with Crippen molar-refractivity contribution in [2.24, 2.45) is 5.10 Å². The number of phenols is 2. The van der Waals surface area contributed by atoms with Gasteiger partial charge < -0.3 is 14.9 Å². The fourth-order valence-corrected chi connectivity index (χ4v) is 2.37. The molecule has 0 fully saturated rings. The van der Waals surface area contributed by atoms with Gasteiger partial charge in [-0.1, -0.05) is 11.6 Å². The Morgan fingerprint density at radius 3 is 2.78 bits per heavy atom. The maximum Gasteiger partial charge on any atom is 0.275 e. The number of nitrogens with one attached hydrogen (secondary N) is 1. The zero-order chi connectivity index (χ0) is 17.0. The smallest absolute Gasteiger partial charge is 0.275 e. The molecular weight excluding hydrogens is 388 g/mol. The maximum atomic E-state index is 11.9. The summed E-state index contributed by atoms with van der Waals surface area (Å²) in [6, 6.07) is 7.28. The van der Waals surface area contributed by atoms with E-state index in [0.29, 0.717) is 15.1 Å². The summed E-state index contributed by atoms with van der Waals surface area (Å²) >= 11 is 8.97. The van der Waals surface area contributed by atoms with Gasteiger partial charge >= 0.3 is 0 Å². The number of hydrogen-bond acceptors (Lipinski definition) is 5. The minimum atomic E-state index is -0.606. The summed E-state index contributed by atoms with van der Waals surface area (Å²) in [6.45, 7) is 0. The molecule has 2 aromatic rings. The Morgan fingerprint density at radius 1 is 1.35 bits per heavy atom.